The van der Waals surface area contributed by atoms with Crippen molar-refractivity contribution in [2.24, 2.45) is 20.7 Å². The smallest absolute Gasteiger partial charge is 0.302 e. The molecule has 2 fully saturated rings. The van der Waals surface area contributed by atoms with Gasteiger partial charge < -0.3 is 50.0 Å². The third kappa shape index (κ3) is 5.94. The zero-order valence-electron chi connectivity index (χ0n) is 30.5. The summed E-state index contributed by atoms with van der Waals surface area (Å²) < 4.78 is 25.8. The Balaban J connectivity index is 1.30. The Morgan fingerprint density at radius 3 is 2.39 bits per heavy atom. The molecule has 2 bridgehead atoms. The number of fused-ring (bicyclic) bond motifs is 7. The topological polar surface area (TPSA) is 235 Å². The first-order valence-electron chi connectivity index (χ1n) is 18.8. The van der Waals surface area contributed by atoms with Crippen LogP contribution < -0.4 is 20.1 Å². The molecule has 0 aromatic heterocycles. The van der Waals surface area contributed by atoms with Crippen LogP contribution in [0.4, 0.5) is 5.69 Å². The van der Waals surface area contributed by atoms with Gasteiger partial charge in [0.25, 0.3) is 0 Å². The van der Waals surface area contributed by atoms with Gasteiger partial charge in [-0.2, -0.15) is 9.98 Å². The number of aliphatic hydroxyl groups excluding tert-OH is 4. The quantitative estimate of drug-likeness (QED) is 0.195. The number of rotatable bonds is 5. The molecule has 1 spiro atoms. The molecule has 1 saturated heterocycles. The van der Waals surface area contributed by atoms with Gasteiger partial charge in [0.2, 0.25) is 12.2 Å². The lowest BCUT2D eigenvalue weighted by molar-refractivity contribution is -0.308. The normalized spacial score (nSPS) is 28.0. The van der Waals surface area contributed by atoms with E-state index in [9.17, 15) is 34.8 Å². The van der Waals surface area contributed by atoms with Crippen LogP contribution in [0.5, 0.6) is 11.5 Å². The lowest BCUT2D eigenvalue weighted by atomic mass is 9.76. The number of benzene rings is 3. The largest absolute Gasteiger partial charge is 0.492 e. The fourth-order valence-electron chi connectivity index (χ4n) is 8.77. The number of nitrogens with two attached hydrogens (primary N) is 1. The summed E-state index contributed by atoms with van der Waals surface area (Å²) in [6.45, 7) is -0.793. The van der Waals surface area contributed by atoms with Crippen molar-refractivity contribution in [2.75, 3.05) is 24.8 Å². The van der Waals surface area contributed by atoms with Gasteiger partial charge >= 0.3 is 5.91 Å². The maximum atomic E-state index is 14.4. The lowest BCUT2D eigenvalue weighted by Crippen LogP contribution is -2.66. The van der Waals surface area contributed by atoms with Crippen LogP contribution in [0, 0.1) is 0 Å². The van der Waals surface area contributed by atoms with Crippen molar-refractivity contribution in [2.45, 2.75) is 74.3 Å². The molecule has 6 aliphatic rings. The minimum atomic E-state index is -1.79. The zero-order chi connectivity index (χ0) is 39.6. The fraction of sp³-hybridized carbons (Fsp3) is 0.366. The summed E-state index contributed by atoms with van der Waals surface area (Å²) in [5.74, 6) is -2.90. The van der Waals surface area contributed by atoms with Crippen LogP contribution in [0.1, 0.15) is 81.0 Å². The van der Waals surface area contributed by atoms with Crippen molar-refractivity contribution < 1.29 is 53.8 Å². The molecule has 3 aromatic carbocycles. The number of hydrogen-bond acceptors (Lipinski definition) is 15. The van der Waals surface area contributed by atoms with Gasteiger partial charge in [-0.15, -0.1) is 0 Å². The van der Waals surface area contributed by atoms with Crippen molar-refractivity contribution in [3.8, 4) is 11.5 Å². The molecule has 6 N–H and O–H groups in total. The molecule has 9 rings (SSSR count). The van der Waals surface area contributed by atoms with E-state index in [0.717, 1.165) is 19.3 Å². The van der Waals surface area contributed by atoms with Gasteiger partial charge in [0.05, 0.1) is 18.4 Å². The maximum absolute atomic E-state index is 14.4. The first-order chi connectivity index (χ1) is 27.6. The summed E-state index contributed by atoms with van der Waals surface area (Å²) >= 11 is 0. The van der Waals surface area contributed by atoms with Gasteiger partial charge in [-0.05, 0) is 49.5 Å². The van der Waals surface area contributed by atoms with Crippen LogP contribution in [-0.4, -0.2) is 112 Å². The maximum Gasteiger partial charge on any atom is 0.302 e. The minimum Gasteiger partial charge on any atom is -0.492 e. The van der Waals surface area contributed by atoms with Crippen LogP contribution >= 0.6 is 0 Å². The van der Waals surface area contributed by atoms with E-state index in [1.807, 2.05) is 6.07 Å². The number of carbonyl (C=O) groups excluding carboxylic acids is 3. The molecular weight excluding hydrogens is 738 g/mol. The molecule has 6 atom stereocenters. The highest BCUT2D eigenvalue weighted by Gasteiger charge is 2.56. The van der Waals surface area contributed by atoms with Gasteiger partial charge in [-0.3, -0.25) is 19.4 Å². The molecule has 16 heteroatoms. The highest BCUT2D eigenvalue weighted by molar-refractivity contribution is 6.72. The summed E-state index contributed by atoms with van der Waals surface area (Å²) in [7, 11) is 0. The van der Waals surface area contributed by atoms with Crippen molar-refractivity contribution in [1.29, 1.82) is 0 Å². The number of amides is 1. The van der Waals surface area contributed by atoms with Gasteiger partial charge in [0.15, 0.2) is 34.6 Å². The van der Waals surface area contributed by atoms with E-state index >= 15 is 0 Å². The molecule has 0 radical (unpaired) electrons. The highest BCUT2D eigenvalue weighted by Crippen LogP contribution is 2.50. The second-order valence-corrected chi connectivity index (χ2v) is 14.7. The third-order valence-corrected chi connectivity index (χ3v) is 11.5. The van der Waals surface area contributed by atoms with Crippen LogP contribution in [0.15, 0.2) is 81.9 Å². The number of anilines is 1. The number of carbonyl (C=O) groups is 3. The van der Waals surface area contributed by atoms with Crippen molar-refractivity contribution in [1.82, 2.24) is 0 Å². The molecule has 3 aromatic rings. The van der Waals surface area contributed by atoms with E-state index in [1.54, 1.807) is 47.4 Å². The molecule has 4 aliphatic heterocycles. The van der Waals surface area contributed by atoms with E-state index in [1.165, 1.54) is 18.4 Å². The summed E-state index contributed by atoms with van der Waals surface area (Å²) in [5.41, 5.74) is 6.37. The number of allylic oxidation sites excluding steroid dienone is 1. The van der Waals surface area contributed by atoms with Crippen LogP contribution in [0.3, 0.4) is 0 Å². The van der Waals surface area contributed by atoms with Crippen molar-refractivity contribution in [3.63, 3.8) is 0 Å². The van der Waals surface area contributed by atoms with Gasteiger partial charge in [-0.25, -0.2) is 0 Å². The van der Waals surface area contributed by atoms with Crippen LogP contribution in [0.2, 0.25) is 0 Å². The van der Waals surface area contributed by atoms with Crippen LogP contribution in [0.25, 0.3) is 0 Å². The summed E-state index contributed by atoms with van der Waals surface area (Å²) in [6, 6.07) is 15.1. The third-order valence-electron chi connectivity index (χ3n) is 11.5. The number of aliphatic imine (C=N–C) groups is 3. The highest BCUT2D eigenvalue weighted by atomic mass is 16.7. The number of ether oxygens (including phenoxy) is 4. The van der Waals surface area contributed by atoms with Crippen LogP contribution in [-0.2, 0) is 14.3 Å². The molecule has 57 heavy (non-hydrogen) atoms. The number of nitrogens with zero attached hydrogens (tertiary/aromatic N) is 4. The standard InChI is InChI=1S/C41H39N5O11/c42-40-44-37-28(38(53)45-40)43-19-46(37)26-11-5-4-8-21(26)20-12-16-55-41(13-6-1-7-14-41)36-32(51)31(50)33(52)39(57-36)56-34-24(20)18-25-27(35(34)54-17-15-47)30(49)23-10-3-2-9-22(23)29(25)48/h2-5,8-12,16,18,20,31-33,36,39,47,50-52H,1,6-7,13-15,17,19H2,(H2,42,45,53)/b16-12-/t20-,31+,32+,33-,36+,39-/m0/s1. The Kier molecular flexibility index (Phi) is 9.24. The summed E-state index contributed by atoms with van der Waals surface area (Å²) in [5, 5.41) is 44.2. The van der Waals surface area contributed by atoms with Crippen molar-refractivity contribution in [3.05, 3.63) is 100 Å². The first kappa shape index (κ1) is 36.8. The van der Waals surface area contributed by atoms with Gasteiger partial charge in [0.1, 0.15) is 43.3 Å². The summed E-state index contributed by atoms with van der Waals surface area (Å²) in [4.78, 5) is 55.8. The predicted octanol–water partition coefficient (Wildman–Crippen LogP) is 1.87. The lowest BCUT2D eigenvalue weighted by Gasteiger charge is -2.49. The Bertz CT molecular complexity index is 2310. The Hall–Kier alpha value is -5.78. The predicted molar refractivity (Wildman–Crippen MR) is 203 cm³/mol. The molecule has 0 unspecified atom stereocenters. The minimum absolute atomic E-state index is 0.000820. The number of ketones is 2. The molecule has 2 aliphatic carbocycles. The molecule has 294 valence electrons. The fourth-order valence-corrected chi connectivity index (χ4v) is 8.77. The average Bonchev–Trinajstić information content (AvgIpc) is 3.64. The van der Waals surface area contributed by atoms with E-state index < -0.39 is 66.3 Å². The molecular formula is C41H39N5O11. The van der Waals surface area contributed by atoms with E-state index in [-0.39, 0.29) is 70.1 Å². The first-order valence-corrected chi connectivity index (χ1v) is 18.8. The van der Waals surface area contributed by atoms with E-state index in [4.69, 9.17) is 24.7 Å². The summed E-state index contributed by atoms with van der Waals surface area (Å²) in [6.07, 6.45) is -1.37. The Labute approximate surface area is 325 Å². The zero-order valence-corrected chi connectivity index (χ0v) is 30.5. The van der Waals surface area contributed by atoms with Gasteiger partial charge in [0, 0.05) is 33.9 Å². The SMILES string of the molecule is NC1=NC(=O)C2=NCN(c3ccccc3[C@@H]3/C=C\OC4(CCCCC4)[C@@H]4O[C@H](Oc5c3cc3c(c5OCCO)C(=O)c5ccccc5C3=O)[C@@H](O)[C@H](O)[C@H]4O)C2=N1. The Morgan fingerprint density at radius 1 is 0.877 bits per heavy atom. The number of amidine groups is 1. The van der Waals surface area contributed by atoms with E-state index in [0.29, 0.717) is 24.1 Å². The van der Waals surface area contributed by atoms with Crippen molar-refractivity contribution >= 4 is 40.7 Å². The average molecular weight is 778 g/mol. The van der Waals surface area contributed by atoms with E-state index in [2.05, 4.69) is 15.0 Å². The molecule has 4 heterocycles. The molecule has 1 saturated carbocycles. The number of guanidine groups is 1. The second kappa shape index (κ2) is 14.3. The molecule has 16 nitrogen and oxygen atoms in total. The second-order valence-electron chi connectivity index (χ2n) is 14.7. The number of aliphatic hydroxyl groups is 4. The number of para-hydroxylation sites is 1. The molecule has 1 amide bonds. The van der Waals surface area contributed by atoms with Gasteiger partial charge in [-0.1, -0.05) is 48.9 Å². The Morgan fingerprint density at radius 2 is 1.61 bits per heavy atom. The number of hydrogen-bond donors (Lipinski definition) is 5. The monoisotopic (exact) mass is 777 g/mol.